The summed E-state index contributed by atoms with van der Waals surface area (Å²) in [5.74, 6) is 0.845. The molecule has 0 fully saturated rings. The Morgan fingerprint density at radius 3 is 2.92 bits per heavy atom. The standard InChI is InChI=1S/C17H20N4O4/c1-11-14(16(22)25-8-7-23-2)15(21-17(20-11)18-10-19-21)12-5-4-6-13(9-12)24-3/h4-6,9-10,15H,7-8H2,1-3H3,(H,18,19,20). The quantitative estimate of drug-likeness (QED) is 0.631. The molecule has 132 valence electrons. The molecular weight excluding hydrogens is 324 g/mol. The highest BCUT2D eigenvalue weighted by molar-refractivity contribution is 5.92. The summed E-state index contributed by atoms with van der Waals surface area (Å²) in [5.41, 5.74) is 2.00. The molecule has 0 spiro atoms. The molecule has 1 atom stereocenters. The molecule has 1 aliphatic rings. The molecule has 0 saturated heterocycles. The van der Waals surface area contributed by atoms with Crippen LogP contribution >= 0.6 is 0 Å². The first-order valence-corrected chi connectivity index (χ1v) is 7.83. The van der Waals surface area contributed by atoms with Crippen molar-refractivity contribution in [3.8, 4) is 5.75 Å². The molecule has 2 aromatic rings. The van der Waals surface area contributed by atoms with E-state index in [1.54, 1.807) is 18.9 Å². The summed E-state index contributed by atoms with van der Waals surface area (Å²) < 4.78 is 17.2. The summed E-state index contributed by atoms with van der Waals surface area (Å²) in [5, 5.41) is 7.36. The van der Waals surface area contributed by atoms with Crippen molar-refractivity contribution in [3.05, 3.63) is 47.4 Å². The molecule has 0 radical (unpaired) electrons. The van der Waals surface area contributed by atoms with Crippen LogP contribution in [0.1, 0.15) is 18.5 Å². The maximum absolute atomic E-state index is 12.7. The van der Waals surface area contributed by atoms with E-state index in [1.165, 1.54) is 6.33 Å². The fraction of sp³-hybridized carbons (Fsp3) is 0.353. The van der Waals surface area contributed by atoms with Gasteiger partial charge in [0.05, 0.1) is 19.3 Å². The van der Waals surface area contributed by atoms with Gasteiger partial charge in [-0.05, 0) is 24.6 Å². The molecule has 8 heteroatoms. The van der Waals surface area contributed by atoms with Gasteiger partial charge in [-0.3, -0.25) is 0 Å². The van der Waals surface area contributed by atoms with Gasteiger partial charge in [-0.1, -0.05) is 12.1 Å². The van der Waals surface area contributed by atoms with Gasteiger partial charge in [-0.15, -0.1) is 0 Å². The van der Waals surface area contributed by atoms with Crippen LogP contribution in [0.25, 0.3) is 0 Å². The van der Waals surface area contributed by atoms with E-state index < -0.39 is 12.0 Å². The van der Waals surface area contributed by atoms with Crippen LogP contribution in [0.4, 0.5) is 5.95 Å². The van der Waals surface area contributed by atoms with Crippen LogP contribution in [0.2, 0.25) is 0 Å². The number of carbonyl (C=O) groups is 1. The van der Waals surface area contributed by atoms with E-state index >= 15 is 0 Å². The lowest BCUT2D eigenvalue weighted by Crippen LogP contribution is -2.30. The Hall–Kier alpha value is -2.87. The van der Waals surface area contributed by atoms with Crippen molar-refractivity contribution in [3.63, 3.8) is 0 Å². The Bertz CT molecular complexity index is 799. The van der Waals surface area contributed by atoms with Crippen LogP contribution in [-0.4, -0.2) is 48.2 Å². The fourth-order valence-corrected chi connectivity index (χ4v) is 2.77. The van der Waals surface area contributed by atoms with Crippen molar-refractivity contribution < 1.29 is 19.0 Å². The number of aromatic nitrogens is 3. The molecule has 0 amide bonds. The molecule has 8 nitrogen and oxygen atoms in total. The maximum atomic E-state index is 12.7. The second kappa shape index (κ2) is 7.35. The van der Waals surface area contributed by atoms with Gasteiger partial charge in [0.1, 0.15) is 24.7 Å². The van der Waals surface area contributed by atoms with Gasteiger partial charge in [0.25, 0.3) is 0 Å². The number of fused-ring (bicyclic) bond motifs is 1. The Morgan fingerprint density at radius 2 is 2.16 bits per heavy atom. The van der Waals surface area contributed by atoms with Gasteiger partial charge < -0.3 is 19.5 Å². The highest BCUT2D eigenvalue weighted by Gasteiger charge is 2.34. The minimum Gasteiger partial charge on any atom is -0.497 e. The summed E-state index contributed by atoms with van der Waals surface area (Å²) in [6, 6.07) is 7.05. The lowest BCUT2D eigenvalue weighted by Gasteiger charge is -2.28. The molecule has 1 unspecified atom stereocenters. The number of hydrogen-bond donors (Lipinski definition) is 1. The van der Waals surface area contributed by atoms with Gasteiger partial charge in [0.2, 0.25) is 5.95 Å². The molecule has 0 saturated carbocycles. The first-order chi connectivity index (χ1) is 12.2. The van der Waals surface area contributed by atoms with Crippen molar-refractivity contribution in [2.24, 2.45) is 0 Å². The predicted molar refractivity (Wildman–Crippen MR) is 90.3 cm³/mol. The van der Waals surface area contributed by atoms with Crippen LogP contribution in [-0.2, 0) is 14.3 Å². The van der Waals surface area contributed by atoms with E-state index in [4.69, 9.17) is 14.2 Å². The number of anilines is 1. The van der Waals surface area contributed by atoms with Crippen LogP contribution in [0.3, 0.4) is 0 Å². The first kappa shape index (κ1) is 17.0. The average Bonchev–Trinajstić information content (AvgIpc) is 3.08. The summed E-state index contributed by atoms with van der Waals surface area (Å²) in [7, 11) is 3.16. The van der Waals surface area contributed by atoms with Gasteiger partial charge in [-0.25, -0.2) is 9.48 Å². The Morgan fingerprint density at radius 1 is 1.32 bits per heavy atom. The molecule has 1 aliphatic heterocycles. The third-order valence-electron chi connectivity index (χ3n) is 3.94. The third kappa shape index (κ3) is 3.34. The smallest absolute Gasteiger partial charge is 0.338 e. The number of ether oxygens (including phenoxy) is 3. The van der Waals surface area contributed by atoms with E-state index in [0.29, 0.717) is 29.6 Å². The number of allylic oxidation sites excluding steroid dienone is 1. The molecule has 2 heterocycles. The number of hydrogen-bond acceptors (Lipinski definition) is 7. The van der Waals surface area contributed by atoms with Crippen LogP contribution in [0, 0.1) is 0 Å². The summed E-state index contributed by atoms with van der Waals surface area (Å²) in [4.78, 5) is 16.9. The maximum Gasteiger partial charge on any atom is 0.338 e. The zero-order chi connectivity index (χ0) is 17.8. The average molecular weight is 344 g/mol. The molecule has 0 bridgehead atoms. The Balaban J connectivity index is 2.02. The van der Waals surface area contributed by atoms with Crippen molar-refractivity contribution >= 4 is 11.9 Å². The zero-order valence-corrected chi connectivity index (χ0v) is 14.4. The van der Waals surface area contributed by atoms with Gasteiger partial charge in [-0.2, -0.15) is 10.1 Å². The van der Waals surface area contributed by atoms with Gasteiger partial charge >= 0.3 is 5.97 Å². The summed E-state index contributed by atoms with van der Waals surface area (Å²) in [6.45, 7) is 2.34. The summed E-state index contributed by atoms with van der Waals surface area (Å²) in [6.07, 6.45) is 1.45. The van der Waals surface area contributed by atoms with E-state index in [1.807, 2.05) is 31.2 Å². The van der Waals surface area contributed by atoms with E-state index in [9.17, 15) is 4.79 Å². The number of carbonyl (C=O) groups excluding carboxylic acids is 1. The lowest BCUT2D eigenvalue weighted by atomic mass is 9.95. The minimum absolute atomic E-state index is 0.182. The number of methoxy groups -OCH3 is 2. The SMILES string of the molecule is COCCOC(=O)C1=C(C)Nc2ncnn2C1c1cccc(OC)c1. The van der Waals surface area contributed by atoms with Crippen LogP contribution in [0.15, 0.2) is 41.9 Å². The molecule has 25 heavy (non-hydrogen) atoms. The summed E-state index contributed by atoms with van der Waals surface area (Å²) >= 11 is 0. The minimum atomic E-state index is -0.455. The van der Waals surface area contributed by atoms with Crippen molar-refractivity contribution in [2.45, 2.75) is 13.0 Å². The number of rotatable bonds is 6. The largest absolute Gasteiger partial charge is 0.497 e. The van der Waals surface area contributed by atoms with E-state index in [2.05, 4.69) is 15.4 Å². The number of nitrogens with one attached hydrogen (secondary N) is 1. The zero-order valence-electron chi connectivity index (χ0n) is 14.4. The third-order valence-corrected chi connectivity index (χ3v) is 3.94. The van der Waals surface area contributed by atoms with Crippen molar-refractivity contribution in [2.75, 3.05) is 32.8 Å². The second-order valence-corrected chi connectivity index (χ2v) is 5.50. The molecule has 1 aromatic heterocycles. The van der Waals surface area contributed by atoms with Crippen LogP contribution in [0.5, 0.6) is 5.75 Å². The van der Waals surface area contributed by atoms with Gasteiger partial charge in [0.15, 0.2) is 0 Å². The molecule has 1 N–H and O–H groups in total. The number of benzene rings is 1. The molecule has 0 aliphatic carbocycles. The Labute approximate surface area is 145 Å². The van der Waals surface area contributed by atoms with Gasteiger partial charge in [0, 0.05) is 12.8 Å². The number of nitrogens with zero attached hydrogens (tertiary/aromatic N) is 3. The monoisotopic (exact) mass is 344 g/mol. The highest BCUT2D eigenvalue weighted by Crippen LogP contribution is 2.36. The fourth-order valence-electron chi connectivity index (χ4n) is 2.77. The van der Waals surface area contributed by atoms with Crippen molar-refractivity contribution in [1.29, 1.82) is 0 Å². The second-order valence-electron chi connectivity index (χ2n) is 5.50. The first-order valence-electron chi connectivity index (χ1n) is 7.83. The predicted octanol–water partition coefficient (Wildman–Crippen LogP) is 1.77. The molecule has 3 rings (SSSR count). The Kier molecular flexibility index (Phi) is 4.99. The number of esters is 1. The normalized spacial score (nSPS) is 16.2. The highest BCUT2D eigenvalue weighted by atomic mass is 16.6. The van der Waals surface area contributed by atoms with Crippen LogP contribution < -0.4 is 10.1 Å². The molecular formula is C17H20N4O4. The topological polar surface area (TPSA) is 87.5 Å². The van der Waals surface area contributed by atoms with E-state index in [-0.39, 0.29) is 6.61 Å². The van der Waals surface area contributed by atoms with Crippen molar-refractivity contribution in [1.82, 2.24) is 14.8 Å². The molecule has 1 aromatic carbocycles. The van der Waals surface area contributed by atoms with E-state index in [0.717, 1.165) is 5.56 Å². The lowest BCUT2D eigenvalue weighted by molar-refractivity contribution is -0.140.